The van der Waals surface area contributed by atoms with Crippen LogP contribution >= 0.6 is 0 Å². The zero-order valence-corrected chi connectivity index (χ0v) is 10.4. The summed E-state index contributed by atoms with van der Waals surface area (Å²) in [6, 6.07) is 10.5. The summed E-state index contributed by atoms with van der Waals surface area (Å²) < 4.78 is 0. The van der Waals surface area contributed by atoms with Crippen LogP contribution in [0.1, 0.15) is 44.6 Å². The molecular weight excluding hydrogens is 208 g/mol. The molecule has 0 aromatic heterocycles. The van der Waals surface area contributed by atoms with Gasteiger partial charge in [0.1, 0.15) is 0 Å². The van der Waals surface area contributed by atoms with Crippen molar-refractivity contribution in [2.45, 2.75) is 50.5 Å². The Bertz CT molecular complexity index is 446. The van der Waals surface area contributed by atoms with E-state index in [1.165, 1.54) is 42.4 Å². The first-order valence-corrected chi connectivity index (χ1v) is 6.68. The Morgan fingerprint density at radius 1 is 1.12 bits per heavy atom. The molecule has 0 bridgehead atoms. The lowest BCUT2D eigenvalue weighted by Gasteiger charge is -2.33. The number of hydrogen-bond acceptors (Lipinski definition) is 1. The average molecular weight is 228 g/mol. The van der Waals surface area contributed by atoms with Crippen LogP contribution in [0, 0.1) is 0 Å². The minimum absolute atomic E-state index is 0.128. The Kier molecular flexibility index (Phi) is 2.59. The molecule has 1 N–H and O–H groups in total. The van der Waals surface area contributed by atoms with Crippen molar-refractivity contribution >= 4 is 0 Å². The highest BCUT2D eigenvalue weighted by molar-refractivity contribution is 5.45. The fraction of sp³-hybridized carbons (Fsp3) is 0.500. The molecular formula is C16H20O. The van der Waals surface area contributed by atoms with Crippen molar-refractivity contribution in [3.8, 4) is 0 Å². The molecule has 2 atom stereocenters. The van der Waals surface area contributed by atoms with Crippen LogP contribution < -0.4 is 0 Å². The lowest BCUT2D eigenvalue weighted by molar-refractivity contribution is 0.122. The second-order valence-electron chi connectivity index (χ2n) is 5.58. The summed E-state index contributed by atoms with van der Waals surface area (Å²) >= 11 is 0. The van der Waals surface area contributed by atoms with E-state index < -0.39 is 0 Å². The molecule has 0 amide bonds. The number of benzene rings is 1. The van der Waals surface area contributed by atoms with E-state index in [2.05, 4.69) is 31.2 Å². The summed E-state index contributed by atoms with van der Waals surface area (Å²) in [5.74, 6) is 0. The maximum atomic E-state index is 10.5. The Morgan fingerprint density at radius 3 is 2.59 bits per heavy atom. The van der Waals surface area contributed by atoms with Crippen molar-refractivity contribution < 1.29 is 5.11 Å². The first-order valence-electron chi connectivity index (χ1n) is 6.68. The quantitative estimate of drug-likeness (QED) is 0.728. The van der Waals surface area contributed by atoms with Crippen LogP contribution in [0.2, 0.25) is 0 Å². The molecule has 0 saturated heterocycles. The van der Waals surface area contributed by atoms with E-state index in [4.69, 9.17) is 0 Å². The number of aliphatic hydroxyl groups excluding tert-OH is 1. The van der Waals surface area contributed by atoms with E-state index in [0.717, 1.165) is 6.42 Å². The van der Waals surface area contributed by atoms with Crippen molar-refractivity contribution in [3.63, 3.8) is 0 Å². The third-order valence-corrected chi connectivity index (χ3v) is 4.69. The van der Waals surface area contributed by atoms with Gasteiger partial charge in [-0.2, -0.15) is 0 Å². The summed E-state index contributed by atoms with van der Waals surface area (Å²) in [4.78, 5) is 0. The summed E-state index contributed by atoms with van der Waals surface area (Å²) in [7, 11) is 0. The highest BCUT2D eigenvalue weighted by atomic mass is 16.3. The largest absolute Gasteiger partial charge is 0.392 e. The van der Waals surface area contributed by atoms with E-state index >= 15 is 0 Å². The van der Waals surface area contributed by atoms with Gasteiger partial charge in [-0.3, -0.25) is 0 Å². The molecule has 90 valence electrons. The van der Waals surface area contributed by atoms with Crippen molar-refractivity contribution in [1.29, 1.82) is 0 Å². The van der Waals surface area contributed by atoms with Gasteiger partial charge in [0.2, 0.25) is 0 Å². The molecule has 1 aromatic rings. The molecule has 0 heterocycles. The van der Waals surface area contributed by atoms with Crippen LogP contribution in [-0.2, 0) is 5.41 Å². The van der Waals surface area contributed by atoms with Gasteiger partial charge in [-0.25, -0.2) is 0 Å². The predicted molar refractivity (Wildman–Crippen MR) is 69.9 cm³/mol. The summed E-state index contributed by atoms with van der Waals surface area (Å²) in [6.45, 7) is 2.22. The highest BCUT2D eigenvalue weighted by Crippen LogP contribution is 2.50. The SMILES string of the molecule is CC1(c2ccccc2)C2=C(CCCC2)CC1O. The van der Waals surface area contributed by atoms with Crippen LogP contribution in [0.3, 0.4) is 0 Å². The van der Waals surface area contributed by atoms with Crippen molar-refractivity contribution in [3.05, 3.63) is 47.0 Å². The Labute approximate surface area is 103 Å². The molecule has 0 fully saturated rings. The molecule has 3 rings (SSSR count). The van der Waals surface area contributed by atoms with Gasteiger partial charge >= 0.3 is 0 Å². The Hall–Kier alpha value is -1.08. The number of aliphatic hydroxyl groups is 1. The summed E-state index contributed by atoms with van der Waals surface area (Å²) in [6.07, 6.45) is 5.63. The normalized spacial score (nSPS) is 32.7. The first kappa shape index (κ1) is 11.0. The predicted octanol–water partition coefficient (Wildman–Crippen LogP) is 3.58. The van der Waals surface area contributed by atoms with E-state index in [9.17, 15) is 5.11 Å². The Morgan fingerprint density at radius 2 is 1.82 bits per heavy atom. The third-order valence-electron chi connectivity index (χ3n) is 4.69. The zero-order chi connectivity index (χ0) is 11.9. The summed E-state index contributed by atoms with van der Waals surface area (Å²) in [5, 5.41) is 10.5. The van der Waals surface area contributed by atoms with Gasteiger partial charge in [0, 0.05) is 5.41 Å². The smallest absolute Gasteiger partial charge is 0.0708 e. The van der Waals surface area contributed by atoms with Gasteiger partial charge in [-0.05, 0) is 44.6 Å². The minimum atomic E-state index is -0.229. The molecule has 2 aliphatic carbocycles. The summed E-state index contributed by atoms with van der Waals surface area (Å²) in [5.41, 5.74) is 4.22. The van der Waals surface area contributed by atoms with E-state index in [0.29, 0.717) is 0 Å². The van der Waals surface area contributed by atoms with Crippen molar-refractivity contribution in [2.24, 2.45) is 0 Å². The van der Waals surface area contributed by atoms with Gasteiger partial charge in [0.25, 0.3) is 0 Å². The maximum Gasteiger partial charge on any atom is 0.0708 e. The van der Waals surface area contributed by atoms with Gasteiger partial charge in [-0.15, -0.1) is 0 Å². The fourth-order valence-corrected chi connectivity index (χ4v) is 3.61. The van der Waals surface area contributed by atoms with Crippen molar-refractivity contribution in [2.75, 3.05) is 0 Å². The molecule has 0 radical (unpaired) electrons. The maximum absolute atomic E-state index is 10.5. The first-order chi connectivity index (χ1) is 8.23. The molecule has 2 unspecified atom stereocenters. The fourth-order valence-electron chi connectivity index (χ4n) is 3.61. The van der Waals surface area contributed by atoms with Crippen molar-refractivity contribution in [1.82, 2.24) is 0 Å². The molecule has 0 aliphatic heterocycles. The van der Waals surface area contributed by atoms with Crippen LogP contribution in [0.5, 0.6) is 0 Å². The van der Waals surface area contributed by atoms with Gasteiger partial charge in [-0.1, -0.05) is 41.5 Å². The van der Waals surface area contributed by atoms with Crippen LogP contribution in [0.25, 0.3) is 0 Å². The van der Waals surface area contributed by atoms with Crippen LogP contribution in [0.4, 0.5) is 0 Å². The third kappa shape index (κ3) is 1.56. The molecule has 1 aromatic carbocycles. The molecule has 0 saturated carbocycles. The van der Waals surface area contributed by atoms with Gasteiger partial charge in [0.05, 0.1) is 6.10 Å². The lowest BCUT2D eigenvalue weighted by Crippen LogP contribution is -2.34. The lowest BCUT2D eigenvalue weighted by atomic mass is 9.72. The zero-order valence-electron chi connectivity index (χ0n) is 10.4. The Balaban J connectivity index is 2.09. The molecule has 0 spiro atoms. The van der Waals surface area contributed by atoms with Gasteiger partial charge in [0.15, 0.2) is 0 Å². The average Bonchev–Trinajstić information content (AvgIpc) is 2.64. The molecule has 17 heavy (non-hydrogen) atoms. The van der Waals surface area contributed by atoms with Crippen LogP contribution in [0.15, 0.2) is 41.5 Å². The molecule has 1 nitrogen and oxygen atoms in total. The minimum Gasteiger partial charge on any atom is -0.392 e. The second kappa shape index (κ2) is 3.99. The number of hydrogen-bond donors (Lipinski definition) is 1. The van der Waals surface area contributed by atoms with Crippen LogP contribution in [-0.4, -0.2) is 11.2 Å². The molecule has 2 aliphatic rings. The van der Waals surface area contributed by atoms with Gasteiger partial charge < -0.3 is 5.11 Å². The highest BCUT2D eigenvalue weighted by Gasteiger charge is 2.45. The number of rotatable bonds is 1. The second-order valence-corrected chi connectivity index (χ2v) is 5.58. The van der Waals surface area contributed by atoms with E-state index in [1.807, 2.05) is 6.07 Å². The van der Waals surface area contributed by atoms with E-state index in [-0.39, 0.29) is 11.5 Å². The standard InChI is InChI=1S/C16H20O/c1-16(13-8-3-2-4-9-13)14-10-6-5-7-12(14)11-15(16)17/h2-4,8-9,15,17H,5-7,10-11H2,1H3. The monoisotopic (exact) mass is 228 g/mol. The molecule has 1 heteroatoms. The topological polar surface area (TPSA) is 20.2 Å². The van der Waals surface area contributed by atoms with E-state index in [1.54, 1.807) is 0 Å².